The lowest BCUT2D eigenvalue weighted by molar-refractivity contribution is 0.280. The molecule has 0 aliphatic heterocycles. The summed E-state index contributed by atoms with van der Waals surface area (Å²) in [5.74, 6) is 2.03. The van der Waals surface area contributed by atoms with Crippen molar-refractivity contribution in [3.63, 3.8) is 0 Å². The first-order chi connectivity index (χ1) is 10.0. The molecular weight excluding hydrogens is 286 g/mol. The van der Waals surface area contributed by atoms with Crippen molar-refractivity contribution in [2.45, 2.75) is 44.1 Å². The maximum atomic E-state index is 12.5. The molecule has 21 heavy (non-hydrogen) atoms. The Hall–Kier alpha value is -0.910. The molecule has 2 fully saturated rings. The summed E-state index contributed by atoms with van der Waals surface area (Å²) >= 11 is 0. The van der Waals surface area contributed by atoms with Gasteiger partial charge in [-0.15, -0.1) is 0 Å². The van der Waals surface area contributed by atoms with Crippen LogP contribution in [0, 0.1) is 24.7 Å². The predicted molar refractivity (Wildman–Crippen MR) is 81.2 cm³/mol. The van der Waals surface area contributed by atoms with Gasteiger partial charge in [0.25, 0.3) is 0 Å². The summed E-state index contributed by atoms with van der Waals surface area (Å²) in [5.41, 5.74) is 1.30. The van der Waals surface area contributed by atoms with E-state index in [2.05, 4.69) is 4.72 Å². The van der Waals surface area contributed by atoms with Crippen molar-refractivity contribution < 1.29 is 13.5 Å². The van der Waals surface area contributed by atoms with Crippen LogP contribution in [0.1, 0.15) is 36.8 Å². The van der Waals surface area contributed by atoms with Gasteiger partial charge in [0.15, 0.2) is 0 Å². The number of aliphatic hydroxyl groups excluding tert-OH is 1. The van der Waals surface area contributed by atoms with Gasteiger partial charge in [-0.05, 0) is 61.1 Å². The Bertz CT molecular complexity index is 626. The van der Waals surface area contributed by atoms with Crippen molar-refractivity contribution in [2.75, 3.05) is 6.54 Å². The summed E-state index contributed by atoms with van der Waals surface area (Å²) in [7, 11) is -3.49. The number of nitrogens with one attached hydrogen (secondary N) is 1. The van der Waals surface area contributed by atoms with Gasteiger partial charge in [0.05, 0.1) is 11.5 Å². The summed E-state index contributed by atoms with van der Waals surface area (Å²) in [4.78, 5) is 0.289. The van der Waals surface area contributed by atoms with Crippen LogP contribution in [0.15, 0.2) is 23.1 Å². The molecule has 5 heteroatoms. The first-order valence-electron chi connectivity index (χ1n) is 7.70. The Morgan fingerprint density at radius 3 is 2.71 bits per heavy atom. The minimum absolute atomic E-state index is 0.137. The number of hydrogen-bond donors (Lipinski definition) is 2. The fraction of sp³-hybridized carbons (Fsp3) is 0.625. The standard InChI is InChI=1S/C16H23NO3S/c1-11-14(10-18)3-2-4-16(11)21(19,20)17-9-15-8-12-5-6-13(15)7-12/h2-4,12-13,15,17-18H,5-10H2,1H3. The third-order valence-corrected chi connectivity index (χ3v) is 6.84. The van der Waals surface area contributed by atoms with Crippen LogP contribution in [0.5, 0.6) is 0 Å². The summed E-state index contributed by atoms with van der Waals surface area (Å²) in [5, 5.41) is 9.27. The molecule has 2 aliphatic carbocycles. The molecule has 2 bridgehead atoms. The highest BCUT2D eigenvalue weighted by Crippen LogP contribution is 2.48. The van der Waals surface area contributed by atoms with Crippen LogP contribution < -0.4 is 4.72 Å². The molecule has 116 valence electrons. The van der Waals surface area contributed by atoms with E-state index in [9.17, 15) is 13.5 Å². The van der Waals surface area contributed by atoms with Crippen LogP contribution in [0.25, 0.3) is 0 Å². The van der Waals surface area contributed by atoms with E-state index in [4.69, 9.17) is 0 Å². The normalized spacial score (nSPS) is 28.2. The van der Waals surface area contributed by atoms with Crippen molar-refractivity contribution in [2.24, 2.45) is 17.8 Å². The van der Waals surface area contributed by atoms with Crippen molar-refractivity contribution in [3.8, 4) is 0 Å². The fourth-order valence-corrected chi connectivity index (χ4v) is 5.42. The van der Waals surface area contributed by atoms with Gasteiger partial charge in [-0.1, -0.05) is 18.6 Å². The van der Waals surface area contributed by atoms with E-state index in [1.807, 2.05) is 0 Å². The van der Waals surface area contributed by atoms with Gasteiger partial charge in [-0.25, -0.2) is 13.1 Å². The Kier molecular flexibility index (Phi) is 4.08. The zero-order valence-corrected chi connectivity index (χ0v) is 13.2. The van der Waals surface area contributed by atoms with E-state index in [1.54, 1.807) is 25.1 Å². The van der Waals surface area contributed by atoms with E-state index in [0.717, 1.165) is 5.92 Å². The summed E-state index contributed by atoms with van der Waals surface area (Å²) < 4.78 is 27.8. The second kappa shape index (κ2) is 5.71. The van der Waals surface area contributed by atoms with E-state index in [0.29, 0.717) is 29.5 Å². The summed E-state index contributed by atoms with van der Waals surface area (Å²) in [6.07, 6.45) is 5.04. The Morgan fingerprint density at radius 1 is 1.29 bits per heavy atom. The van der Waals surface area contributed by atoms with Gasteiger partial charge in [0, 0.05) is 6.54 Å². The Balaban J connectivity index is 1.72. The molecular formula is C16H23NO3S. The van der Waals surface area contributed by atoms with E-state index in [-0.39, 0.29) is 11.5 Å². The molecule has 0 saturated heterocycles. The number of sulfonamides is 1. The second-order valence-electron chi connectivity index (χ2n) is 6.49. The number of fused-ring (bicyclic) bond motifs is 2. The number of rotatable bonds is 5. The highest BCUT2D eigenvalue weighted by atomic mass is 32.2. The van der Waals surface area contributed by atoms with E-state index in [1.165, 1.54) is 25.7 Å². The molecule has 2 aliphatic rings. The molecule has 0 radical (unpaired) electrons. The lowest BCUT2D eigenvalue weighted by atomic mass is 9.89. The van der Waals surface area contributed by atoms with Crippen LogP contribution in [0.2, 0.25) is 0 Å². The summed E-state index contributed by atoms with van der Waals surface area (Å²) in [6, 6.07) is 5.05. The van der Waals surface area contributed by atoms with E-state index >= 15 is 0 Å². The molecule has 1 aromatic carbocycles. The van der Waals surface area contributed by atoms with Crippen molar-refractivity contribution in [1.82, 2.24) is 4.72 Å². The minimum Gasteiger partial charge on any atom is -0.392 e. The number of aliphatic hydroxyl groups is 1. The maximum absolute atomic E-state index is 12.5. The maximum Gasteiger partial charge on any atom is 0.240 e. The lowest BCUT2D eigenvalue weighted by Gasteiger charge is -2.22. The van der Waals surface area contributed by atoms with Gasteiger partial charge in [-0.2, -0.15) is 0 Å². The molecule has 0 heterocycles. The SMILES string of the molecule is Cc1c(CO)cccc1S(=O)(=O)NCC1CC2CCC1C2. The van der Waals surface area contributed by atoms with Gasteiger partial charge in [0.2, 0.25) is 10.0 Å². The molecule has 2 N–H and O–H groups in total. The van der Waals surface area contributed by atoms with Crippen LogP contribution in [0.3, 0.4) is 0 Å². The van der Waals surface area contributed by atoms with Crippen LogP contribution >= 0.6 is 0 Å². The first kappa shape index (κ1) is 15.0. The van der Waals surface area contributed by atoms with Crippen molar-refractivity contribution in [3.05, 3.63) is 29.3 Å². The predicted octanol–water partition coefficient (Wildman–Crippen LogP) is 2.20. The minimum atomic E-state index is -3.49. The average molecular weight is 309 g/mol. The lowest BCUT2D eigenvalue weighted by Crippen LogP contribution is -2.32. The monoisotopic (exact) mass is 309 g/mol. The quantitative estimate of drug-likeness (QED) is 0.876. The van der Waals surface area contributed by atoms with Crippen LogP contribution in [0.4, 0.5) is 0 Å². The first-order valence-corrected chi connectivity index (χ1v) is 9.18. The zero-order chi connectivity index (χ0) is 15.0. The van der Waals surface area contributed by atoms with Crippen LogP contribution in [-0.4, -0.2) is 20.1 Å². The molecule has 2 saturated carbocycles. The van der Waals surface area contributed by atoms with E-state index < -0.39 is 10.0 Å². The molecule has 3 unspecified atom stereocenters. The second-order valence-corrected chi connectivity index (χ2v) is 8.22. The topological polar surface area (TPSA) is 66.4 Å². The molecule has 3 atom stereocenters. The third kappa shape index (κ3) is 2.87. The highest BCUT2D eigenvalue weighted by Gasteiger charge is 2.39. The zero-order valence-electron chi connectivity index (χ0n) is 12.4. The average Bonchev–Trinajstić information content (AvgIpc) is 3.08. The van der Waals surface area contributed by atoms with Gasteiger partial charge >= 0.3 is 0 Å². The highest BCUT2D eigenvalue weighted by molar-refractivity contribution is 7.89. The molecule has 3 rings (SSSR count). The molecule has 4 nitrogen and oxygen atoms in total. The van der Waals surface area contributed by atoms with Crippen LogP contribution in [-0.2, 0) is 16.6 Å². The smallest absolute Gasteiger partial charge is 0.240 e. The van der Waals surface area contributed by atoms with Crippen molar-refractivity contribution in [1.29, 1.82) is 0 Å². The van der Waals surface area contributed by atoms with Gasteiger partial charge in [-0.3, -0.25) is 0 Å². The van der Waals surface area contributed by atoms with Crippen molar-refractivity contribution >= 4 is 10.0 Å². The number of benzene rings is 1. The Morgan fingerprint density at radius 2 is 2.10 bits per heavy atom. The summed E-state index contributed by atoms with van der Waals surface area (Å²) in [6.45, 7) is 2.16. The molecule has 0 amide bonds. The third-order valence-electron chi connectivity index (χ3n) is 5.28. The van der Waals surface area contributed by atoms with Gasteiger partial charge < -0.3 is 5.11 Å². The fourth-order valence-electron chi connectivity index (χ4n) is 4.04. The molecule has 1 aromatic rings. The molecule has 0 aromatic heterocycles. The largest absolute Gasteiger partial charge is 0.392 e. The van der Waals surface area contributed by atoms with Gasteiger partial charge in [0.1, 0.15) is 0 Å². The molecule has 0 spiro atoms. The Labute approximate surface area is 126 Å². The number of hydrogen-bond acceptors (Lipinski definition) is 3.